The van der Waals surface area contributed by atoms with Crippen LogP contribution in [0.25, 0.3) is 0 Å². The summed E-state index contributed by atoms with van der Waals surface area (Å²) < 4.78 is 6.25. The third-order valence-corrected chi connectivity index (χ3v) is 4.57. The maximum absolute atomic E-state index is 12.0. The minimum atomic E-state index is 0. The van der Waals surface area contributed by atoms with Crippen LogP contribution in [0, 0.1) is 0 Å². The summed E-state index contributed by atoms with van der Waals surface area (Å²) in [7, 11) is 4.27. The Hall–Kier alpha value is -0.280. The Labute approximate surface area is 137 Å². The molecule has 4 heteroatoms. The van der Waals surface area contributed by atoms with E-state index >= 15 is 0 Å². The molecule has 0 N–H and O–H groups in total. The predicted molar refractivity (Wildman–Crippen MR) is 83.6 cm³/mol. The Morgan fingerprint density at radius 1 is 1.05 bits per heavy atom. The molecule has 0 amide bonds. The normalized spacial score (nSPS) is 20.0. The lowest BCUT2D eigenvalue weighted by Gasteiger charge is -2.29. The van der Waals surface area contributed by atoms with Crippen LogP contribution < -0.4 is 12.4 Å². The Balaban J connectivity index is 0.00000400. The van der Waals surface area contributed by atoms with Crippen LogP contribution in [0.3, 0.4) is 0 Å². The number of hydrogen-bond donors (Lipinski definition) is 0. The van der Waals surface area contributed by atoms with E-state index in [9.17, 15) is 4.79 Å². The molecule has 0 aromatic heterocycles. The molecule has 1 aliphatic rings. The highest BCUT2D eigenvalue weighted by molar-refractivity contribution is 5.74. The maximum Gasteiger partial charge on any atom is 0.364 e. The minimum absolute atomic E-state index is 0. The number of likely N-dealkylation sites (tertiary alicyclic amines) is 1. The lowest BCUT2D eigenvalue weighted by Crippen LogP contribution is -3.00. The third-order valence-electron chi connectivity index (χ3n) is 4.57. The van der Waals surface area contributed by atoms with Crippen molar-refractivity contribution < 1.29 is 26.4 Å². The number of halogens is 1. The number of likely N-dealkylation sites (N-methyl/N-ethyl adjacent to an activating group) is 1. The number of ether oxygens (including phenoxy) is 1. The Kier molecular flexibility index (Phi) is 11.2. The monoisotopic (exact) mass is 319 g/mol. The van der Waals surface area contributed by atoms with E-state index in [0.29, 0.717) is 6.61 Å². The van der Waals surface area contributed by atoms with Gasteiger partial charge in [0, 0.05) is 12.8 Å². The van der Waals surface area contributed by atoms with Gasteiger partial charge in [0.15, 0.2) is 6.04 Å². The van der Waals surface area contributed by atoms with Crippen LogP contribution in [0.15, 0.2) is 0 Å². The van der Waals surface area contributed by atoms with Crippen molar-refractivity contribution in [3.05, 3.63) is 0 Å². The summed E-state index contributed by atoms with van der Waals surface area (Å²) in [6, 6.07) is 0.0732. The maximum atomic E-state index is 12.0. The highest BCUT2D eigenvalue weighted by atomic mass is 35.5. The number of carbonyl (C=O) groups is 1. The van der Waals surface area contributed by atoms with Gasteiger partial charge in [-0.15, -0.1) is 0 Å². The predicted octanol–water partition coefficient (Wildman–Crippen LogP) is 0.913. The van der Waals surface area contributed by atoms with Gasteiger partial charge in [0.2, 0.25) is 0 Å². The summed E-state index contributed by atoms with van der Waals surface area (Å²) in [5.74, 6) is 0.0236. The van der Waals surface area contributed by atoms with Gasteiger partial charge in [-0.2, -0.15) is 0 Å². The molecular formula is C17H34ClNO2. The van der Waals surface area contributed by atoms with E-state index in [-0.39, 0.29) is 24.4 Å². The van der Waals surface area contributed by atoms with Gasteiger partial charge >= 0.3 is 5.97 Å². The third kappa shape index (κ3) is 8.06. The zero-order valence-electron chi connectivity index (χ0n) is 14.2. The second-order valence-electron chi connectivity index (χ2n) is 6.80. The molecule has 0 aliphatic carbocycles. The molecule has 1 aliphatic heterocycles. The number of rotatable bonds is 10. The van der Waals surface area contributed by atoms with Crippen molar-refractivity contribution in [3.63, 3.8) is 0 Å². The standard InChI is InChI=1S/C17H34NO2.ClH/c1-4-5-6-7-8-9-10-11-15-20-17(19)16-13-12-14-18(16,2)3;/h16H,4-15H2,1-3H3;1H/q+1;/p-1. The number of hydrogen-bond acceptors (Lipinski definition) is 2. The van der Waals surface area contributed by atoms with Gasteiger partial charge in [-0.3, -0.25) is 0 Å². The van der Waals surface area contributed by atoms with Crippen LogP contribution in [-0.4, -0.2) is 43.7 Å². The van der Waals surface area contributed by atoms with Gasteiger partial charge in [0.1, 0.15) is 0 Å². The SMILES string of the molecule is CCCCCCCCCCOC(=O)C1CCC[N+]1(C)C.[Cl-]. The molecule has 1 atom stereocenters. The van der Waals surface area contributed by atoms with E-state index in [1.807, 2.05) is 0 Å². The van der Waals surface area contributed by atoms with Gasteiger partial charge in [-0.25, -0.2) is 4.79 Å². The molecule has 0 spiro atoms. The zero-order valence-corrected chi connectivity index (χ0v) is 15.0. The number of quaternary nitrogens is 1. The molecule has 1 saturated heterocycles. The molecular weight excluding hydrogens is 286 g/mol. The fourth-order valence-electron chi connectivity index (χ4n) is 3.11. The number of unbranched alkanes of at least 4 members (excludes halogenated alkanes) is 7. The summed E-state index contributed by atoms with van der Waals surface area (Å²) in [6.07, 6.45) is 12.4. The van der Waals surface area contributed by atoms with Crippen molar-refractivity contribution in [1.29, 1.82) is 0 Å². The Bertz CT molecular complexity index is 282. The van der Waals surface area contributed by atoms with Gasteiger partial charge in [-0.1, -0.05) is 51.9 Å². The zero-order chi connectivity index (χ0) is 14.8. The topological polar surface area (TPSA) is 26.3 Å². The lowest BCUT2D eigenvalue weighted by molar-refractivity contribution is -0.893. The molecule has 0 aromatic rings. The van der Waals surface area contributed by atoms with Crippen LogP contribution in [0.1, 0.15) is 71.1 Å². The quantitative estimate of drug-likeness (QED) is 0.340. The first-order valence-corrected chi connectivity index (χ1v) is 8.57. The van der Waals surface area contributed by atoms with Crippen molar-refractivity contribution in [2.75, 3.05) is 27.2 Å². The van der Waals surface area contributed by atoms with Crippen molar-refractivity contribution in [1.82, 2.24) is 0 Å². The molecule has 0 radical (unpaired) electrons. The van der Waals surface area contributed by atoms with Crippen LogP contribution in [0.4, 0.5) is 0 Å². The minimum Gasteiger partial charge on any atom is -1.00 e. The second kappa shape index (κ2) is 11.3. The van der Waals surface area contributed by atoms with Crippen LogP contribution in [-0.2, 0) is 9.53 Å². The molecule has 21 heavy (non-hydrogen) atoms. The molecule has 0 bridgehead atoms. The molecule has 1 unspecified atom stereocenters. The van der Waals surface area contributed by atoms with E-state index in [4.69, 9.17) is 4.74 Å². The summed E-state index contributed by atoms with van der Waals surface area (Å²) in [5.41, 5.74) is 0. The first kappa shape index (κ1) is 20.7. The van der Waals surface area contributed by atoms with E-state index in [0.717, 1.165) is 30.3 Å². The molecule has 1 rings (SSSR count). The summed E-state index contributed by atoms with van der Waals surface area (Å²) in [6.45, 7) is 3.96. The summed E-state index contributed by atoms with van der Waals surface area (Å²) >= 11 is 0. The molecule has 3 nitrogen and oxygen atoms in total. The summed E-state index contributed by atoms with van der Waals surface area (Å²) in [4.78, 5) is 12.0. The highest BCUT2D eigenvalue weighted by Crippen LogP contribution is 2.23. The smallest absolute Gasteiger partial charge is 0.364 e. The fraction of sp³-hybridized carbons (Fsp3) is 0.941. The van der Waals surface area contributed by atoms with E-state index in [1.54, 1.807) is 0 Å². The van der Waals surface area contributed by atoms with Crippen LogP contribution in [0.2, 0.25) is 0 Å². The van der Waals surface area contributed by atoms with Crippen molar-refractivity contribution in [2.24, 2.45) is 0 Å². The molecule has 0 aromatic carbocycles. The number of carbonyl (C=O) groups excluding carboxylic acids is 1. The molecule has 1 heterocycles. The first-order chi connectivity index (χ1) is 9.58. The average Bonchev–Trinajstić information content (AvgIpc) is 2.76. The Morgan fingerprint density at radius 2 is 1.62 bits per heavy atom. The largest absolute Gasteiger partial charge is 1.00 e. The summed E-state index contributed by atoms with van der Waals surface area (Å²) in [5, 5.41) is 0. The molecule has 0 saturated carbocycles. The van der Waals surface area contributed by atoms with Crippen LogP contribution in [0.5, 0.6) is 0 Å². The van der Waals surface area contributed by atoms with Gasteiger partial charge in [0.25, 0.3) is 0 Å². The van der Waals surface area contributed by atoms with Gasteiger partial charge < -0.3 is 21.6 Å². The lowest BCUT2D eigenvalue weighted by atomic mass is 10.1. The molecule has 1 fully saturated rings. The number of nitrogens with zero attached hydrogens (tertiary/aromatic N) is 1. The molecule has 126 valence electrons. The van der Waals surface area contributed by atoms with Crippen molar-refractivity contribution in [3.8, 4) is 0 Å². The Morgan fingerprint density at radius 3 is 2.14 bits per heavy atom. The highest BCUT2D eigenvalue weighted by Gasteiger charge is 2.40. The average molecular weight is 320 g/mol. The second-order valence-corrected chi connectivity index (χ2v) is 6.80. The number of esters is 1. The van der Waals surface area contributed by atoms with Gasteiger partial charge in [-0.05, 0) is 6.42 Å². The van der Waals surface area contributed by atoms with E-state index < -0.39 is 0 Å². The van der Waals surface area contributed by atoms with Crippen LogP contribution >= 0.6 is 0 Å². The van der Waals surface area contributed by atoms with E-state index in [2.05, 4.69) is 21.0 Å². The van der Waals surface area contributed by atoms with Crippen molar-refractivity contribution in [2.45, 2.75) is 77.2 Å². The first-order valence-electron chi connectivity index (χ1n) is 8.57. The van der Waals surface area contributed by atoms with Gasteiger partial charge in [0.05, 0.1) is 27.2 Å². The van der Waals surface area contributed by atoms with E-state index in [1.165, 1.54) is 44.9 Å². The van der Waals surface area contributed by atoms with Crippen molar-refractivity contribution >= 4 is 5.97 Å². The fourth-order valence-corrected chi connectivity index (χ4v) is 3.11.